The SMILES string of the molecule is CC(=O)NCC(=O)NC(C)(C)C(=O)N[C@@H](CCCN=C(N)N)C(=O)N[C@@H](CCCCN)C(=O)NC(C)(C)C(=O)N[C@@H](Cc1cnc[nH]1)C(=O)N[C@@H](CCCCN)C(=O)NC(C)(C)C(=O)N[C@@H](Cc1c[nH]c2ccccc12)C(=O)N[C@@H](C)C(N)=O. The molecule has 464 valence electrons. The van der Waals surface area contributed by atoms with E-state index >= 15 is 0 Å². The number of benzene rings is 1. The average Bonchev–Trinajstić information content (AvgIpc) is 4.25. The van der Waals surface area contributed by atoms with Gasteiger partial charge in [0, 0.05) is 55.3 Å². The Kier molecular flexibility index (Phi) is 27.2. The van der Waals surface area contributed by atoms with Crippen LogP contribution in [0.25, 0.3) is 10.9 Å². The molecule has 0 unspecified atom stereocenters. The number of hydrogen-bond acceptors (Lipinski definition) is 15. The van der Waals surface area contributed by atoms with Gasteiger partial charge in [0.1, 0.15) is 52.9 Å². The number of nitrogens with zero attached hydrogens (tertiary/aromatic N) is 2. The zero-order valence-corrected chi connectivity index (χ0v) is 49.2. The van der Waals surface area contributed by atoms with E-state index in [0.717, 1.165) is 10.9 Å². The van der Waals surface area contributed by atoms with Crippen LogP contribution in [-0.2, 0) is 65.6 Å². The first-order valence-electron chi connectivity index (χ1n) is 27.7. The summed E-state index contributed by atoms with van der Waals surface area (Å²) in [5.74, 6) is -8.60. The van der Waals surface area contributed by atoms with Gasteiger partial charge in [0.2, 0.25) is 65.0 Å². The standard InChI is InChI=1S/C54H87N19O11/c1-30(42(57)76)65-44(78)39(24-32-26-63-35-17-10-9-16-34(32)35)69-49(83)53(5,6)73-47(81)38(19-12-14-22-56)67-45(79)40(25-33-27-60-29-64-33)70-50(84)54(7,8)72-46(80)37(18-11-13-21-55)66-43(77)36(20-15-23-61-51(58)59)68-48(82)52(3,4)71-41(75)28-62-31(2)74/h9-10,16-17,26-27,29-30,36-40,63H,11-15,18-25,28,55-56H2,1-8H3,(H2,57,76)(H,60,64)(H,62,74)(H,65,78)(H,66,77)(H,67,79)(H,68,82)(H,69,83)(H,70,84)(H,71,75)(H,72,80)(H,73,81)(H4,58,59,61)/t30-,36-,37-,38-,39-,40-/m0/s1. The van der Waals surface area contributed by atoms with Crippen LogP contribution in [0.1, 0.15) is 118 Å². The van der Waals surface area contributed by atoms with Crippen molar-refractivity contribution >= 4 is 81.8 Å². The number of carbonyl (C=O) groups excluding carboxylic acids is 11. The predicted octanol–water partition coefficient (Wildman–Crippen LogP) is -3.78. The molecule has 0 radical (unpaired) electrons. The monoisotopic (exact) mass is 1180 g/mol. The molecule has 11 amide bonds. The minimum absolute atomic E-state index is 0.0244. The molecular formula is C54H87N19O11. The lowest BCUT2D eigenvalue weighted by Crippen LogP contribution is -2.64. The third-order valence-corrected chi connectivity index (χ3v) is 13.4. The number of nitrogens with two attached hydrogens (primary N) is 5. The molecule has 3 rings (SSSR count). The summed E-state index contributed by atoms with van der Waals surface area (Å²) in [6.07, 6.45) is 6.03. The van der Waals surface area contributed by atoms with E-state index in [1.807, 2.05) is 24.3 Å². The van der Waals surface area contributed by atoms with Crippen molar-refractivity contribution in [2.24, 2.45) is 33.7 Å². The number of hydrogen-bond donors (Lipinski definition) is 17. The van der Waals surface area contributed by atoms with Crippen LogP contribution in [0, 0.1) is 0 Å². The Hall–Kier alpha value is -8.67. The highest BCUT2D eigenvalue weighted by Gasteiger charge is 2.40. The van der Waals surface area contributed by atoms with E-state index in [4.69, 9.17) is 28.7 Å². The van der Waals surface area contributed by atoms with Crippen LogP contribution in [0.15, 0.2) is 48.0 Å². The lowest BCUT2D eigenvalue weighted by molar-refractivity contribution is -0.138. The lowest BCUT2D eigenvalue weighted by atomic mass is 9.98. The summed E-state index contributed by atoms with van der Waals surface area (Å²) in [5, 5.41) is 26.9. The molecule has 0 aliphatic carbocycles. The molecule has 0 saturated carbocycles. The molecule has 0 saturated heterocycles. The summed E-state index contributed by atoms with van der Waals surface area (Å²) in [7, 11) is 0. The first-order chi connectivity index (χ1) is 39.4. The molecule has 0 bridgehead atoms. The molecule has 0 fully saturated rings. The fraction of sp³-hybridized carbons (Fsp3) is 0.574. The van der Waals surface area contributed by atoms with Crippen molar-refractivity contribution in [3.8, 4) is 0 Å². The van der Waals surface area contributed by atoms with E-state index in [9.17, 15) is 52.7 Å². The van der Waals surface area contributed by atoms with E-state index in [2.05, 4.69) is 73.1 Å². The normalized spacial score (nSPS) is 13.7. The summed E-state index contributed by atoms with van der Waals surface area (Å²) < 4.78 is 0. The van der Waals surface area contributed by atoms with Gasteiger partial charge in [-0.2, -0.15) is 0 Å². The van der Waals surface area contributed by atoms with Crippen LogP contribution in [0.2, 0.25) is 0 Å². The number of amides is 11. The number of para-hydroxylation sites is 1. The van der Waals surface area contributed by atoms with Gasteiger partial charge >= 0.3 is 0 Å². The second-order valence-electron chi connectivity index (χ2n) is 22.0. The van der Waals surface area contributed by atoms with Crippen molar-refractivity contribution in [1.82, 2.24) is 68.1 Å². The third-order valence-electron chi connectivity index (χ3n) is 13.4. The Morgan fingerprint density at radius 1 is 0.583 bits per heavy atom. The number of carbonyl (C=O) groups is 11. The number of unbranched alkanes of at least 4 members (excludes halogenated alkanes) is 2. The minimum Gasteiger partial charge on any atom is -0.370 e. The maximum Gasteiger partial charge on any atom is 0.245 e. The average molecular weight is 1180 g/mol. The molecule has 2 heterocycles. The molecule has 0 aliphatic rings. The zero-order valence-electron chi connectivity index (χ0n) is 49.2. The lowest BCUT2D eigenvalue weighted by Gasteiger charge is -2.32. The molecule has 22 N–H and O–H groups in total. The van der Waals surface area contributed by atoms with Crippen LogP contribution in [0.5, 0.6) is 0 Å². The Balaban J connectivity index is 1.87. The number of aromatic amines is 2. The second kappa shape index (κ2) is 32.8. The van der Waals surface area contributed by atoms with Crippen LogP contribution in [0.3, 0.4) is 0 Å². The first kappa shape index (κ1) is 69.6. The van der Waals surface area contributed by atoms with Crippen LogP contribution in [-0.4, -0.2) is 165 Å². The Morgan fingerprint density at radius 2 is 1.06 bits per heavy atom. The van der Waals surface area contributed by atoms with E-state index in [0.29, 0.717) is 36.9 Å². The molecule has 84 heavy (non-hydrogen) atoms. The molecule has 6 atom stereocenters. The van der Waals surface area contributed by atoms with Gasteiger partial charge in [0.05, 0.1) is 12.9 Å². The minimum atomic E-state index is -1.80. The number of aromatic nitrogens is 3. The molecule has 2 aromatic heterocycles. The number of rotatable bonds is 36. The highest BCUT2D eigenvalue weighted by atomic mass is 16.2. The first-order valence-corrected chi connectivity index (χ1v) is 27.7. The topological polar surface area (TPSA) is 495 Å². The molecule has 0 spiro atoms. The summed E-state index contributed by atoms with van der Waals surface area (Å²) in [6, 6.07) is -0.387. The van der Waals surface area contributed by atoms with Gasteiger partial charge in [-0.15, -0.1) is 0 Å². The van der Waals surface area contributed by atoms with Gasteiger partial charge in [-0.3, -0.25) is 57.7 Å². The summed E-state index contributed by atoms with van der Waals surface area (Å²) in [4.78, 5) is 163. The number of nitrogens with one attached hydrogen (secondary N) is 12. The van der Waals surface area contributed by atoms with Gasteiger partial charge in [-0.25, -0.2) is 4.98 Å². The van der Waals surface area contributed by atoms with Crippen molar-refractivity contribution < 1.29 is 52.7 Å². The van der Waals surface area contributed by atoms with Crippen LogP contribution < -0.4 is 81.8 Å². The molecule has 0 aliphatic heterocycles. The molecule has 30 heteroatoms. The Morgan fingerprint density at radius 3 is 1.56 bits per heavy atom. The second-order valence-corrected chi connectivity index (χ2v) is 22.0. The third kappa shape index (κ3) is 22.9. The van der Waals surface area contributed by atoms with E-state index in [-0.39, 0.29) is 64.1 Å². The largest absolute Gasteiger partial charge is 0.370 e. The number of aliphatic imine (C=N–C) groups is 1. The van der Waals surface area contributed by atoms with Crippen LogP contribution in [0.4, 0.5) is 0 Å². The van der Waals surface area contributed by atoms with Gasteiger partial charge < -0.3 is 91.8 Å². The summed E-state index contributed by atoms with van der Waals surface area (Å²) in [6.45, 7) is 11.1. The zero-order chi connectivity index (χ0) is 63.0. The predicted molar refractivity (Wildman–Crippen MR) is 312 cm³/mol. The van der Waals surface area contributed by atoms with Crippen molar-refractivity contribution in [3.63, 3.8) is 0 Å². The van der Waals surface area contributed by atoms with Gasteiger partial charge in [-0.05, 0) is 125 Å². The van der Waals surface area contributed by atoms with Gasteiger partial charge in [-0.1, -0.05) is 18.2 Å². The highest BCUT2D eigenvalue weighted by molar-refractivity contribution is 6.00. The fourth-order valence-corrected chi connectivity index (χ4v) is 8.35. The number of primary amides is 1. The smallest absolute Gasteiger partial charge is 0.245 e. The summed E-state index contributed by atoms with van der Waals surface area (Å²) in [5.41, 5.74) is 24.7. The highest BCUT2D eigenvalue weighted by Crippen LogP contribution is 2.20. The van der Waals surface area contributed by atoms with Crippen molar-refractivity contribution in [1.29, 1.82) is 0 Å². The maximum absolute atomic E-state index is 14.5. The van der Waals surface area contributed by atoms with Gasteiger partial charge in [0.25, 0.3) is 0 Å². The fourth-order valence-electron chi connectivity index (χ4n) is 8.35. The number of fused-ring (bicyclic) bond motifs is 1. The van der Waals surface area contributed by atoms with Crippen molar-refractivity contribution in [3.05, 3.63) is 54.2 Å². The summed E-state index contributed by atoms with van der Waals surface area (Å²) >= 11 is 0. The van der Waals surface area contributed by atoms with Crippen LogP contribution >= 0.6 is 0 Å². The Bertz CT molecular complexity index is 2790. The molecule has 30 nitrogen and oxygen atoms in total. The Labute approximate surface area is 487 Å². The van der Waals surface area contributed by atoms with E-state index in [1.54, 1.807) is 6.20 Å². The van der Waals surface area contributed by atoms with Gasteiger partial charge in [0.15, 0.2) is 5.96 Å². The number of H-pyrrole nitrogens is 2. The molecule has 1 aromatic carbocycles. The van der Waals surface area contributed by atoms with E-state index < -0.39 is 124 Å². The van der Waals surface area contributed by atoms with E-state index in [1.165, 1.54) is 67.9 Å². The molecular weight excluding hydrogens is 1090 g/mol. The maximum atomic E-state index is 14.5. The quantitative estimate of drug-likeness (QED) is 0.0151. The number of imidazole rings is 1. The van der Waals surface area contributed by atoms with Crippen molar-refractivity contribution in [2.75, 3.05) is 26.2 Å². The molecule has 3 aromatic rings. The van der Waals surface area contributed by atoms with Crippen molar-refractivity contribution in [2.45, 2.75) is 172 Å². The number of guanidine groups is 1.